The third-order valence-electron chi connectivity index (χ3n) is 4.78. The van der Waals surface area contributed by atoms with Crippen LogP contribution in [-0.4, -0.2) is 17.1 Å². The molecule has 4 aromatic rings. The Kier molecular flexibility index (Phi) is 5.30. The highest BCUT2D eigenvalue weighted by molar-refractivity contribution is 7.18. The van der Waals surface area contributed by atoms with Crippen LogP contribution in [0.3, 0.4) is 0 Å². The second-order valence-electron chi connectivity index (χ2n) is 6.66. The number of methoxy groups -OCH3 is 1. The van der Waals surface area contributed by atoms with E-state index in [9.17, 15) is 4.79 Å². The summed E-state index contributed by atoms with van der Waals surface area (Å²) in [6.45, 7) is 4.33. The minimum atomic E-state index is -0.131. The van der Waals surface area contributed by atoms with Crippen molar-refractivity contribution in [2.75, 3.05) is 7.11 Å². The third-order valence-corrected chi connectivity index (χ3v) is 6.14. The lowest BCUT2D eigenvalue weighted by Crippen LogP contribution is -2.09. The lowest BCUT2D eigenvalue weighted by molar-refractivity contribution is 0.284. The molecule has 0 bridgehead atoms. The van der Waals surface area contributed by atoms with Gasteiger partial charge in [0, 0.05) is 15.5 Å². The zero-order chi connectivity index (χ0) is 20.5. The standard InChI is InChI=1S/C22H19ClN2O3S/c1-12-13(2)29-22-19(12)21(26)24-20(25-22)15-6-9-17(18(10-15)27-3)28-11-14-4-7-16(23)8-5-14/h4-10H,11H2,1-3H3,(H,24,25,26). The number of nitrogens with one attached hydrogen (secondary N) is 1. The van der Waals surface area contributed by atoms with Gasteiger partial charge in [-0.05, 0) is 55.3 Å². The molecular formula is C22H19ClN2O3S. The molecule has 0 aliphatic carbocycles. The Morgan fingerprint density at radius 2 is 1.86 bits per heavy atom. The molecule has 0 aliphatic heterocycles. The number of H-pyrrole nitrogens is 1. The molecule has 2 aromatic heterocycles. The molecule has 0 amide bonds. The summed E-state index contributed by atoms with van der Waals surface area (Å²) in [6.07, 6.45) is 0. The Hall–Kier alpha value is -2.83. The van der Waals surface area contributed by atoms with Crippen LogP contribution in [0.15, 0.2) is 47.3 Å². The van der Waals surface area contributed by atoms with Crippen molar-refractivity contribution in [3.8, 4) is 22.9 Å². The molecule has 7 heteroatoms. The monoisotopic (exact) mass is 426 g/mol. The molecular weight excluding hydrogens is 408 g/mol. The number of aryl methyl sites for hydroxylation is 2. The maximum absolute atomic E-state index is 12.6. The molecule has 0 saturated heterocycles. The molecule has 0 radical (unpaired) electrons. The topological polar surface area (TPSA) is 64.2 Å². The number of hydrogen-bond donors (Lipinski definition) is 1. The lowest BCUT2D eigenvalue weighted by atomic mass is 10.1. The van der Waals surface area contributed by atoms with E-state index >= 15 is 0 Å². The Morgan fingerprint density at radius 1 is 1.10 bits per heavy atom. The van der Waals surface area contributed by atoms with Crippen molar-refractivity contribution >= 4 is 33.2 Å². The maximum atomic E-state index is 12.6. The van der Waals surface area contributed by atoms with Gasteiger partial charge in [0.05, 0.1) is 12.5 Å². The van der Waals surface area contributed by atoms with E-state index in [1.165, 1.54) is 11.3 Å². The van der Waals surface area contributed by atoms with Crippen LogP contribution in [-0.2, 0) is 6.61 Å². The Morgan fingerprint density at radius 3 is 2.59 bits per heavy atom. The number of halogens is 1. The first kappa shape index (κ1) is 19.5. The average Bonchev–Trinajstić information content (AvgIpc) is 3.01. The first-order chi connectivity index (χ1) is 14.0. The zero-order valence-electron chi connectivity index (χ0n) is 16.2. The average molecular weight is 427 g/mol. The van der Waals surface area contributed by atoms with E-state index in [4.69, 9.17) is 21.1 Å². The predicted octanol–water partition coefficient (Wildman–Crippen LogP) is 5.51. The highest BCUT2D eigenvalue weighted by atomic mass is 35.5. The smallest absolute Gasteiger partial charge is 0.260 e. The van der Waals surface area contributed by atoms with Crippen LogP contribution >= 0.6 is 22.9 Å². The Bertz CT molecular complexity index is 1250. The molecule has 4 rings (SSSR count). The summed E-state index contributed by atoms with van der Waals surface area (Å²) in [4.78, 5) is 21.9. The number of nitrogens with zero attached hydrogens (tertiary/aromatic N) is 1. The Balaban J connectivity index is 1.65. The number of ether oxygens (including phenoxy) is 2. The van der Waals surface area contributed by atoms with Crippen molar-refractivity contribution in [1.29, 1.82) is 0 Å². The van der Waals surface area contributed by atoms with E-state index in [1.807, 2.05) is 56.3 Å². The largest absolute Gasteiger partial charge is 0.493 e. The van der Waals surface area contributed by atoms with Crippen LogP contribution in [0.2, 0.25) is 5.02 Å². The number of fused-ring (bicyclic) bond motifs is 1. The second kappa shape index (κ2) is 7.89. The summed E-state index contributed by atoms with van der Waals surface area (Å²) >= 11 is 7.44. The van der Waals surface area contributed by atoms with Gasteiger partial charge in [0.25, 0.3) is 5.56 Å². The van der Waals surface area contributed by atoms with Gasteiger partial charge in [-0.3, -0.25) is 4.79 Å². The summed E-state index contributed by atoms with van der Waals surface area (Å²) in [5, 5.41) is 1.34. The molecule has 2 aromatic carbocycles. The molecule has 29 heavy (non-hydrogen) atoms. The molecule has 2 heterocycles. The van der Waals surface area contributed by atoms with Crippen LogP contribution < -0.4 is 15.0 Å². The van der Waals surface area contributed by atoms with Gasteiger partial charge in [0.2, 0.25) is 0 Å². The fourth-order valence-corrected chi connectivity index (χ4v) is 4.22. The SMILES string of the molecule is COc1cc(-c2nc3sc(C)c(C)c3c(=O)[nH]2)ccc1OCc1ccc(Cl)cc1. The van der Waals surface area contributed by atoms with Crippen LogP contribution in [0, 0.1) is 13.8 Å². The number of thiophene rings is 1. The van der Waals surface area contributed by atoms with E-state index in [0.717, 1.165) is 26.4 Å². The van der Waals surface area contributed by atoms with Gasteiger partial charge in [-0.15, -0.1) is 11.3 Å². The first-order valence-electron chi connectivity index (χ1n) is 9.02. The second-order valence-corrected chi connectivity index (χ2v) is 8.30. The molecule has 0 unspecified atom stereocenters. The van der Waals surface area contributed by atoms with Crippen LogP contribution in [0.5, 0.6) is 11.5 Å². The van der Waals surface area contributed by atoms with Crippen molar-refractivity contribution in [3.63, 3.8) is 0 Å². The molecule has 0 atom stereocenters. The van der Waals surface area contributed by atoms with E-state index in [2.05, 4.69) is 9.97 Å². The van der Waals surface area contributed by atoms with Crippen molar-refractivity contribution in [1.82, 2.24) is 9.97 Å². The predicted molar refractivity (Wildman–Crippen MR) is 117 cm³/mol. The maximum Gasteiger partial charge on any atom is 0.260 e. The number of benzene rings is 2. The molecule has 5 nitrogen and oxygen atoms in total. The lowest BCUT2D eigenvalue weighted by Gasteiger charge is -2.12. The molecule has 0 saturated carbocycles. The van der Waals surface area contributed by atoms with Gasteiger partial charge >= 0.3 is 0 Å². The zero-order valence-corrected chi connectivity index (χ0v) is 17.8. The van der Waals surface area contributed by atoms with Crippen molar-refractivity contribution in [3.05, 3.63) is 73.8 Å². The fraction of sp³-hybridized carbons (Fsp3) is 0.182. The van der Waals surface area contributed by atoms with Crippen LogP contribution in [0.1, 0.15) is 16.0 Å². The van der Waals surface area contributed by atoms with E-state index < -0.39 is 0 Å². The van der Waals surface area contributed by atoms with Gasteiger partial charge in [-0.1, -0.05) is 23.7 Å². The molecule has 0 aliphatic rings. The summed E-state index contributed by atoms with van der Waals surface area (Å²) in [6, 6.07) is 13.0. The normalized spacial score (nSPS) is 11.0. The number of rotatable bonds is 5. The van der Waals surface area contributed by atoms with Crippen LogP contribution in [0.25, 0.3) is 21.6 Å². The first-order valence-corrected chi connectivity index (χ1v) is 10.2. The minimum absolute atomic E-state index is 0.131. The molecule has 0 fully saturated rings. The van der Waals surface area contributed by atoms with Gasteiger partial charge in [0.1, 0.15) is 17.3 Å². The van der Waals surface area contributed by atoms with Crippen molar-refractivity contribution in [2.24, 2.45) is 0 Å². The summed E-state index contributed by atoms with van der Waals surface area (Å²) in [5.41, 5.74) is 2.60. The minimum Gasteiger partial charge on any atom is -0.493 e. The van der Waals surface area contributed by atoms with Crippen molar-refractivity contribution in [2.45, 2.75) is 20.5 Å². The van der Waals surface area contributed by atoms with E-state index in [1.54, 1.807) is 7.11 Å². The van der Waals surface area contributed by atoms with Gasteiger partial charge < -0.3 is 14.5 Å². The molecule has 0 spiro atoms. The molecule has 148 valence electrons. The van der Waals surface area contributed by atoms with E-state index in [-0.39, 0.29) is 5.56 Å². The highest BCUT2D eigenvalue weighted by Gasteiger charge is 2.14. The number of aromatic amines is 1. The van der Waals surface area contributed by atoms with Gasteiger partial charge in [-0.25, -0.2) is 4.98 Å². The summed E-state index contributed by atoms with van der Waals surface area (Å²) in [5.74, 6) is 1.68. The van der Waals surface area contributed by atoms with Crippen LogP contribution in [0.4, 0.5) is 0 Å². The number of aromatic nitrogens is 2. The fourth-order valence-electron chi connectivity index (χ4n) is 3.07. The summed E-state index contributed by atoms with van der Waals surface area (Å²) < 4.78 is 11.4. The molecule has 1 N–H and O–H groups in total. The van der Waals surface area contributed by atoms with Gasteiger partial charge in [0.15, 0.2) is 11.5 Å². The Labute approximate surface area is 176 Å². The summed E-state index contributed by atoms with van der Waals surface area (Å²) in [7, 11) is 1.58. The van der Waals surface area contributed by atoms with Crippen molar-refractivity contribution < 1.29 is 9.47 Å². The van der Waals surface area contributed by atoms with Gasteiger partial charge in [-0.2, -0.15) is 0 Å². The van der Waals surface area contributed by atoms with E-state index in [0.29, 0.717) is 34.3 Å². The number of hydrogen-bond acceptors (Lipinski definition) is 5. The quantitative estimate of drug-likeness (QED) is 0.457. The third kappa shape index (κ3) is 3.86. The highest BCUT2D eigenvalue weighted by Crippen LogP contribution is 2.33.